The van der Waals surface area contributed by atoms with Crippen LogP contribution in [0.4, 0.5) is 0 Å². The van der Waals surface area contributed by atoms with Crippen molar-refractivity contribution in [2.24, 2.45) is 5.92 Å². The number of carbonyl (C=O) groups is 1. The van der Waals surface area contributed by atoms with Crippen LogP contribution < -0.4 is 0 Å². The number of fused-ring (bicyclic) bond motifs is 1. The first-order valence-corrected chi connectivity index (χ1v) is 6.85. The lowest BCUT2D eigenvalue weighted by atomic mass is 10.0. The first kappa shape index (κ1) is 14.5. The van der Waals surface area contributed by atoms with E-state index >= 15 is 0 Å². The standard InChI is InChI=1S/C15H20N2O3/c1-4-13-16-12-7-5-6-11(15(19)20)14(12)17(13)10(3)9(2)8-18/h5-7,9-10,18H,4,8H2,1-3H3,(H,19,20). The third-order valence-electron chi connectivity index (χ3n) is 3.85. The number of hydrogen-bond donors (Lipinski definition) is 2. The average Bonchev–Trinajstić information content (AvgIpc) is 2.83. The Balaban J connectivity index is 2.75. The fourth-order valence-corrected chi connectivity index (χ4v) is 2.46. The van der Waals surface area contributed by atoms with Crippen molar-refractivity contribution in [3.05, 3.63) is 29.6 Å². The molecular formula is C15H20N2O3. The number of rotatable bonds is 5. The zero-order valence-corrected chi connectivity index (χ0v) is 12.0. The number of aryl methyl sites for hydroxylation is 1. The van der Waals surface area contributed by atoms with Crippen LogP contribution in [-0.4, -0.2) is 32.3 Å². The Morgan fingerprint density at radius 2 is 2.10 bits per heavy atom. The minimum atomic E-state index is -0.955. The highest BCUT2D eigenvalue weighted by atomic mass is 16.4. The second kappa shape index (κ2) is 5.63. The van der Waals surface area contributed by atoms with Crippen molar-refractivity contribution in [2.45, 2.75) is 33.2 Å². The molecule has 0 fully saturated rings. The predicted molar refractivity (Wildman–Crippen MR) is 77.0 cm³/mol. The fraction of sp³-hybridized carbons (Fsp3) is 0.467. The van der Waals surface area contributed by atoms with Gasteiger partial charge in [0.1, 0.15) is 5.82 Å². The molecule has 0 saturated heterocycles. The van der Waals surface area contributed by atoms with Crippen LogP contribution in [0.3, 0.4) is 0 Å². The Morgan fingerprint density at radius 1 is 1.40 bits per heavy atom. The summed E-state index contributed by atoms with van der Waals surface area (Å²) in [6, 6.07) is 5.12. The highest BCUT2D eigenvalue weighted by Crippen LogP contribution is 2.28. The molecule has 2 N–H and O–H groups in total. The summed E-state index contributed by atoms with van der Waals surface area (Å²) in [5.74, 6) is -0.0793. The molecule has 2 rings (SSSR count). The third-order valence-corrected chi connectivity index (χ3v) is 3.85. The molecular weight excluding hydrogens is 256 g/mol. The van der Waals surface area contributed by atoms with E-state index in [1.54, 1.807) is 12.1 Å². The number of para-hydroxylation sites is 1. The van der Waals surface area contributed by atoms with Gasteiger partial charge >= 0.3 is 5.97 Å². The van der Waals surface area contributed by atoms with Gasteiger partial charge in [-0.3, -0.25) is 0 Å². The molecule has 0 bridgehead atoms. The molecule has 2 unspecified atom stereocenters. The van der Waals surface area contributed by atoms with Crippen LogP contribution in [-0.2, 0) is 6.42 Å². The smallest absolute Gasteiger partial charge is 0.337 e. The number of carboxylic acids is 1. The lowest BCUT2D eigenvalue weighted by Gasteiger charge is -2.22. The van der Waals surface area contributed by atoms with Crippen molar-refractivity contribution in [1.82, 2.24) is 9.55 Å². The minimum Gasteiger partial charge on any atom is -0.478 e. The van der Waals surface area contributed by atoms with Gasteiger partial charge in [-0.2, -0.15) is 0 Å². The van der Waals surface area contributed by atoms with Gasteiger partial charge in [-0.25, -0.2) is 9.78 Å². The van der Waals surface area contributed by atoms with Crippen LogP contribution >= 0.6 is 0 Å². The topological polar surface area (TPSA) is 75.3 Å². The van der Waals surface area contributed by atoms with Crippen molar-refractivity contribution in [3.8, 4) is 0 Å². The summed E-state index contributed by atoms with van der Waals surface area (Å²) < 4.78 is 1.96. The van der Waals surface area contributed by atoms with E-state index in [-0.39, 0.29) is 24.1 Å². The van der Waals surface area contributed by atoms with Gasteiger partial charge in [-0.05, 0) is 25.0 Å². The van der Waals surface area contributed by atoms with E-state index in [4.69, 9.17) is 0 Å². The van der Waals surface area contributed by atoms with Crippen molar-refractivity contribution in [1.29, 1.82) is 0 Å². The number of carboxylic acid groups (broad SMARTS) is 1. The first-order chi connectivity index (χ1) is 9.51. The quantitative estimate of drug-likeness (QED) is 0.879. The summed E-state index contributed by atoms with van der Waals surface area (Å²) in [6.07, 6.45) is 0.718. The first-order valence-electron chi connectivity index (χ1n) is 6.85. The van der Waals surface area contributed by atoms with Crippen LogP contribution in [0.5, 0.6) is 0 Å². The molecule has 0 saturated carbocycles. The molecule has 0 aliphatic rings. The summed E-state index contributed by atoms with van der Waals surface area (Å²) in [4.78, 5) is 16.0. The Bertz CT molecular complexity index is 633. The predicted octanol–water partition coefficient (Wildman–Crippen LogP) is 2.49. The Hall–Kier alpha value is -1.88. The van der Waals surface area contributed by atoms with Gasteiger partial charge in [0.15, 0.2) is 0 Å². The van der Waals surface area contributed by atoms with E-state index in [1.807, 2.05) is 31.4 Å². The molecule has 0 aliphatic heterocycles. The van der Waals surface area contributed by atoms with Gasteiger partial charge in [0.2, 0.25) is 0 Å². The zero-order chi connectivity index (χ0) is 14.9. The summed E-state index contributed by atoms with van der Waals surface area (Å²) in [5.41, 5.74) is 1.59. The molecule has 1 aromatic heterocycles. The summed E-state index contributed by atoms with van der Waals surface area (Å²) in [6.45, 7) is 5.98. The number of aliphatic hydroxyl groups excluding tert-OH is 1. The largest absolute Gasteiger partial charge is 0.478 e. The number of aromatic carboxylic acids is 1. The van der Waals surface area contributed by atoms with E-state index in [1.165, 1.54) is 0 Å². The van der Waals surface area contributed by atoms with Gasteiger partial charge in [-0.1, -0.05) is 19.9 Å². The molecule has 0 spiro atoms. The highest BCUT2D eigenvalue weighted by Gasteiger charge is 2.23. The minimum absolute atomic E-state index is 0.0135. The maximum atomic E-state index is 11.4. The third kappa shape index (κ3) is 2.29. The molecule has 2 aromatic rings. The summed E-state index contributed by atoms with van der Waals surface area (Å²) in [5, 5.41) is 18.7. The molecule has 5 nitrogen and oxygen atoms in total. The van der Waals surface area contributed by atoms with E-state index in [0.29, 0.717) is 11.0 Å². The van der Waals surface area contributed by atoms with Gasteiger partial charge in [0.05, 0.1) is 16.6 Å². The number of benzene rings is 1. The second-order valence-corrected chi connectivity index (χ2v) is 5.13. The molecule has 5 heteroatoms. The van der Waals surface area contributed by atoms with Crippen LogP contribution in [0.2, 0.25) is 0 Å². The van der Waals surface area contributed by atoms with Crippen molar-refractivity contribution in [3.63, 3.8) is 0 Å². The van der Waals surface area contributed by atoms with E-state index < -0.39 is 5.97 Å². The maximum absolute atomic E-state index is 11.4. The van der Waals surface area contributed by atoms with Crippen molar-refractivity contribution in [2.75, 3.05) is 6.61 Å². The second-order valence-electron chi connectivity index (χ2n) is 5.13. The molecule has 1 heterocycles. The Kier molecular flexibility index (Phi) is 4.09. The van der Waals surface area contributed by atoms with Crippen LogP contribution in [0.15, 0.2) is 18.2 Å². The maximum Gasteiger partial charge on any atom is 0.337 e. The number of aliphatic hydroxyl groups is 1. The normalized spacial score (nSPS) is 14.4. The molecule has 108 valence electrons. The number of aromatic nitrogens is 2. The van der Waals surface area contributed by atoms with Crippen LogP contribution in [0.1, 0.15) is 43.0 Å². The highest BCUT2D eigenvalue weighted by molar-refractivity contribution is 6.01. The van der Waals surface area contributed by atoms with Crippen molar-refractivity contribution >= 4 is 17.0 Å². The Labute approximate surface area is 117 Å². The van der Waals surface area contributed by atoms with Gasteiger partial charge in [0.25, 0.3) is 0 Å². The lowest BCUT2D eigenvalue weighted by molar-refractivity contribution is 0.0698. The van der Waals surface area contributed by atoms with E-state index in [0.717, 1.165) is 12.2 Å². The van der Waals surface area contributed by atoms with Gasteiger partial charge in [0, 0.05) is 19.1 Å². The van der Waals surface area contributed by atoms with E-state index in [9.17, 15) is 15.0 Å². The average molecular weight is 276 g/mol. The SMILES string of the molecule is CCc1nc2cccc(C(=O)O)c2n1C(C)C(C)CO. The number of hydrogen-bond acceptors (Lipinski definition) is 3. The Morgan fingerprint density at radius 3 is 2.65 bits per heavy atom. The monoisotopic (exact) mass is 276 g/mol. The van der Waals surface area contributed by atoms with Gasteiger partial charge < -0.3 is 14.8 Å². The zero-order valence-electron chi connectivity index (χ0n) is 12.0. The molecule has 0 radical (unpaired) electrons. The molecule has 2 atom stereocenters. The summed E-state index contributed by atoms with van der Waals surface area (Å²) in [7, 11) is 0. The van der Waals surface area contributed by atoms with Gasteiger partial charge in [-0.15, -0.1) is 0 Å². The molecule has 0 amide bonds. The molecule has 20 heavy (non-hydrogen) atoms. The molecule has 0 aliphatic carbocycles. The fourth-order valence-electron chi connectivity index (χ4n) is 2.46. The summed E-state index contributed by atoms with van der Waals surface area (Å²) >= 11 is 0. The van der Waals surface area contributed by atoms with Crippen molar-refractivity contribution < 1.29 is 15.0 Å². The molecule has 1 aromatic carbocycles. The van der Waals surface area contributed by atoms with Crippen LogP contribution in [0.25, 0.3) is 11.0 Å². The number of nitrogens with zero attached hydrogens (tertiary/aromatic N) is 2. The lowest BCUT2D eigenvalue weighted by Crippen LogP contribution is -2.20. The van der Waals surface area contributed by atoms with E-state index in [2.05, 4.69) is 4.98 Å². The van der Waals surface area contributed by atoms with Crippen LogP contribution in [0, 0.1) is 5.92 Å². The number of imidazole rings is 1.